The number of ether oxygens (including phenoxy) is 3. The van der Waals surface area contributed by atoms with E-state index in [0.717, 1.165) is 11.0 Å². The molecular weight excluding hydrogens is 1000 g/mol. The van der Waals surface area contributed by atoms with E-state index in [1.165, 1.54) is 30.3 Å². The number of phenols is 1. The number of nitrogens with one attached hydrogen (secondary N) is 4. The molecule has 2 aromatic heterocycles. The third-order valence-corrected chi connectivity index (χ3v) is 12.9. The molecule has 6 aromatic rings. The number of phenolic OH excluding ortho intramolecular Hbond substituents is 1. The van der Waals surface area contributed by atoms with Crippen LogP contribution in [0.15, 0.2) is 110 Å². The summed E-state index contributed by atoms with van der Waals surface area (Å²) in [5, 5.41) is 42.8. The fraction of sp³-hybridized carbons (Fsp3) is 0.333. The number of hydrogen-bond donors (Lipinski definition) is 6. The van der Waals surface area contributed by atoms with Gasteiger partial charge < -0.3 is 59.4 Å². The molecule has 21 nitrogen and oxygen atoms in total. The molecule has 1 aliphatic carbocycles. The Kier molecular flexibility index (Phi) is 17.2. The van der Waals surface area contributed by atoms with Crippen molar-refractivity contribution in [2.45, 2.75) is 46.8 Å². The number of aryl methyl sites for hydroxylation is 1. The summed E-state index contributed by atoms with van der Waals surface area (Å²) in [6.07, 6.45) is 1.66. The summed E-state index contributed by atoms with van der Waals surface area (Å²) >= 11 is 0. The van der Waals surface area contributed by atoms with Gasteiger partial charge in [-0.15, -0.1) is 5.10 Å². The van der Waals surface area contributed by atoms with Crippen molar-refractivity contribution in [3.05, 3.63) is 151 Å². The number of carboxylic acid groups (broad SMARTS) is 1. The van der Waals surface area contributed by atoms with Gasteiger partial charge in [0.05, 0.1) is 87.9 Å². The summed E-state index contributed by atoms with van der Waals surface area (Å²) in [7, 11) is 7.72. The lowest BCUT2D eigenvalue weighted by Gasteiger charge is -2.31. The Hall–Kier alpha value is -8.66. The van der Waals surface area contributed by atoms with Crippen molar-refractivity contribution >= 4 is 51.5 Å². The summed E-state index contributed by atoms with van der Waals surface area (Å²) in [4.78, 5) is 66.7. The van der Waals surface area contributed by atoms with Crippen molar-refractivity contribution in [1.29, 1.82) is 0 Å². The van der Waals surface area contributed by atoms with Crippen LogP contribution in [0.25, 0.3) is 33.4 Å². The Labute approximate surface area is 449 Å². The van der Waals surface area contributed by atoms with Gasteiger partial charge in [-0.05, 0) is 78.6 Å². The van der Waals surface area contributed by atoms with Crippen LogP contribution in [-0.4, -0.2) is 117 Å². The van der Waals surface area contributed by atoms with Crippen LogP contribution in [0.3, 0.4) is 0 Å². The number of hydrogen-bond acceptors (Lipinski definition) is 16. The number of fused-ring (bicyclic) bond motifs is 2. The van der Waals surface area contributed by atoms with Crippen LogP contribution in [0.4, 0.5) is 22.7 Å². The second-order valence-corrected chi connectivity index (χ2v) is 20.1. The zero-order valence-corrected chi connectivity index (χ0v) is 44.8. The van der Waals surface area contributed by atoms with Gasteiger partial charge in [0.2, 0.25) is 5.36 Å². The summed E-state index contributed by atoms with van der Waals surface area (Å²) in [6.45, 7) is 10.1. The molecule has 1 atom stereocenters. The Morgan fingerprint density at radius 1 is 0.795 bits per heavy atom. The molecule has 0 spiro atoms. The van der Waals surface area contributed by atoms with Gasteiger partial charge in [-0.1, -0.05) is 32.1 Å². The Morgan fingerprint density at radius 3 is 2.22 bits per heavy atom. The standard InChI is InChI=1S/C57H63N9O12/c1-33-12-19-44(77-33)53(57(2,3)4)61-49-48(51(68)52(49)69)60-43-11-9-10-41(50(43)67)55(71)59-31-35-32-66(63-62-35)21-23-75-25-27-76-26-24-74-22-20-58-54(70)34-13-16-38(56(72)73)42(28-34)47-39-17-14-36(64(5)6)29-45(39)78-46-30-37(65(7)8)15-18-40(46)47/h9-19,28-30,32,53H,20-27,31H2,1-8H3,(H5-,58,59,60,61,62,63,67,68,69,70,71,72,73)/p+1. The van der Waals surface area contributed by atoms with Gasteiger partial charge in [0.25, 0.3) is 22.7 Å². The zero-order chi connectivity index (χ0) is 55.8. The number of amides is 2. The monoisotopic (exact) mass is 1070 g/mol. The molecule has 408 valence electrons. The number of para-hydroxylation sites is 1. The highest BCUT2D eigenvalue weighted by molar-refractivity contribution is 6.09. The molecule has 0 saturated heterocycles. The molecule has 2 aliphatic rings. The van der Waals surface area contributed by atoms with E-state index >= 15 is 0 Å². The van der Waals surface area contributed by atoms with Crippen molar-refractivity contribution in [2.75, 3.05) is 89.9 Å². The van der Waals surface area contributed by atoms with Gasteiger partial charge >= 0.3 is 5.97 Å². The Morgan fingerprint density at radius 2 is 1.53 bits per heavy atom. The van der Waals surface area contributed by atoms with Gasteiger partial charge in [-0.25, -0.2) is 14.1 Å². The first-order chi connectivity index (χ1) is 37.3. The number of benzene rings is 4. The minimum Gasteiger partial charge on any atom is -0.505 e. The average molecular weight is 1070 g/mol. The van der Waals surface area contributed by atoms with Crippen molar-refractivity contribution < 1.29 is 47.6 Å². The highest BCUT2D eigenvalue weighted by atomic mass is 16.5. The minimum atomic E-state index is -1.13. The molecule has 4 aromatic carbocycles. The van der Waals surface area contributed by atoms with Crippen molar-refractivity contribution in [3.63, 3.8) is 0 Å². The van der Waals surface area contributed by atoms with E-state index in [-0.39, 0.29) is 66.0 Å². The van der Waals surface area contributed by atoms with E-state index in [1.54, 1.807) is 16.9 Å². The first kappa shape index (κ1) is 55.6. The van der Waals surface area contributed by atoms with E-state index in [2.05, 4.69) is 31.6 Å². The van der Waals surface area contributed by atoms with E-state index in [4.69, 9.17) is 23.0 Å². The maximum Gasteiger partial charge on any atom is 0.336 e. The number of rotatable bonds is 24. The van der Waals surface area contributed by atoms with Gasteiger partial charge in [0.1, 0.15) is 54.0 Å². The topological polar surface area (TPSA) is 265 Å². The highest BCUT2D eigenvalue weighted by Crippen LogP contribution is 2.43. The normalized spacial score (nSPS) is 12.0. The van der Waals surface area contributed by atoms with Crippen molar-refractivity contribution in [1.82, 2.24) is 30.2 Å². The van der Waals surface area contributed by atoms with Crippen LogP contribution < -0.4 is 47.0 Å². The molecule has 78 heavy (non-hydrogen) atoms. The quantitative estimate of drug-likeness (QED) is 0.0130. The van der Waals surface area contributed by atoms with Crippen LogP contribution >= 0.6 is 0 Å². The molecule has 2 amide bonds. The number of carboxylic acids is 1. The molecule has 0 bridgehead atoms. The first-order valence-corrected chi connectivity index (χ1v) is 25.3. The van der Waals surface area contributed by atoms with Crippen LogP contribution in [0.5, 0.6) is 5.75 Å². The molecular formula is C57H64N9O12+. The third-order valence-electron chi connectivity index (χ3n) is 12.9. The summed E-state index contributed by atoms with van der Waals surface area (Å²) < 4.78 is 32.8. The summed E-state index contributed by atoms with van der Waals surface area (Å²) in [6, 6.07) is 23.7. The van der Waals surface area contributed by atoms with Crippen LogP contribution in [-0.2, 0) is 27.3 Å². The Bertz CT molecular complexity index is 3590. The van der Waals surface area contributed by atoms with Gasteiger partial charge in [0.15, 0.2) is 5.75 Å². The zero-order valence-electron chi connectivity index (χ0n) is 44.8. The molecule has 0 radical (unpaired) electrons. The lowest BCUT2D eigenvalue weighted by atomic mass is 9.85. The number of carbonyl (C=O) groups excluding carboxylic acids is 2. The largest absolute Gasteiger partial charge is 0.505 e. The maximum absolute atomic E-state index is 13.4. The third kappa shape index (κ3) is 12.8. The number of aromatic hydroxyl groups is 1. The molecule has 3 heterocycles. The fourth-order valence-electron chi connectivity index (χ4n) is 8.70. The summed E-state index contributed by atoms with van der Waals surface area (Å²) in [5.74, 6) is -0.658. The number of furan rings is 1. The summed E-state index contributed by atoms with van der Waals surface area (Å²) in [5.41, 5.74) is 2.15. The van der Waals surface area contributed by atoms with Crippen molar-refractivity contribution in [3.8, 4) is 28.2 Å². The molecule has 6 N–H and O–H groups in total. The first-order valence-electron chi connectivity index (χ1n) is 25.3. The van der Waals surface area contributed by atoms with E-state index in [1.807, 2.05) is 114 Å². The number of aromatic nitrogens is 3. The smallest absolute Gasteiger partial charge is 0.336 e. The lowest BCUT2D eigenvalue weighted by Crippen LogP contribution is -2.39. The molecule has 8 rings (SSSR count). The SMILES string of the molecule is Cc1ccc(C(Nc2c(Nc3cccc(C(=O)NCc4cn(CCOCCOCCOCCNC(=O)c5ccc(C(=O)O)c(-c6c7ccc(=[N+](C)C)cc-7oc7cc(N(C)C)ccc67)c5)nn4)c3O)c(=O)c2=O)C(C)(C)C)o1. The van der Waals surface area contributed by atoms with Gasteiger partial charge in [-0.3, -0.25) is 19.2 Å². The van der Waals surface area contributed by atoms with E-state index < -0.39 is 39.9 Å². The molecule has 1 aliphatic heterocycles. The predicted octanol–water partition coefficient (Wildman–Crippen LogP) is 6.15. The molecule has 0 fully saturated rings. The fourth-order valence-corrected chi connectivity index (χ4v) is 8.70. The maximum atomic E-state index is 13.4. The highest BCUT2D eigenvalue weighted by Gasteiger charge is 2.33. The van der Waals surface area contributed by atoms with Crippen LogP contribution in [0, 0.1) is 12.3 Å². The number of carbonyl (C=O) groups is 3. The second kappa shape index (κ2) is 24.1. The number of aromatic carboxylic acids is 1. The minimum absolute atomic E-state index is 0.00748. The predicted molar refractivity (Wildman–Crippen MR) is 295 cm³/mol. The Balaban J connectivity index is 0.741. The average Bonchev–Trinajstić information content (AvgIpc) is 4.15. The molecule has 21 heteroatoms. The van der Waals surface area contributed by atoms with Crippen LogP contribution in [0.1, 0.15) is 75.1 Å². The number of nitrogens with zero attached hydrogens (tertiary/aromatic N) is 5. The van der Waals surface area contributed by atoms with Gasteiger partial charge in [-0.2, -0.15) is 0 Å². The van der Waals surface area contributed by atoms with Gasteiger partial charge in [0, 0.05) is 60.5 Å². The lowest BCUT2D eigenvalue weighted by molar-refractivity contribution is 0.0133. The second-order valence-electron chi connectivity index (χ2n) is 20.1. The van der Waals surface area contributed by atoms with Crippen molar-refractivity contribution in [2.24, 2.45) is 5.41 Å². The van der Waals surface area contributed by atoms with E-state index in [9.17, 15) is 34.2 Å². The van der Waals surface area contributed by atoms with E-state index in [0.29, 0.717) is 83.6 Å². The number of anilines is 4. The molecule has 0 saturated carbocycles. The molecule has 1 unspecified atom stereocenters. The van der Waals surface area contributed by atoms with Crippen LogP contribution in [0.2, 0.25) is 0 Å².